The lowest BCUT2D eigenvalue weighted by atomic mass is 10.1. The topological polar surface area (TPSA) is 84.5 Å². The highest BCUT2D eigenvalue weighted by Crippen LogP contribution is 2.22. The molecule has 0 bridgehead atoms. The molecule has 1 heterocycles. The summed E-state index contributed by atoms with van der Waals surface area (Å²) in [5, 5.41) is 2.72. The van der Waals surface area contributed by atoms with Crippen LogP contribution in [-0.4, -0.2) is 33.5 Å². The van der Waals surface area contributed by atoms with Crippen LogP contribution in [0.2, 0.25) is 0 Å². The second kappa shape index (κ2) is 7.11. The summed E-state index contributed by atoms with van der Waals surface area (Å²) in [5.41, 5.74) is 0.745. The Bertz CT molecular complexity index is 643. The van der Waals surface area contributed by atoms with Crippen LogP contribution in [-0.2, 0) is 14.8 Å². The molecule has 0 saturated carbocycles. The molecule has 7 heteroatoms. The SMILES string of the molecule is CCOc1ccc(S(=O)(=O)N[C@H]2CCCCNC2=O)cc1C. The van der Waals surface area contributed by atoms with Crippen LogP contribution >= 0.6 is 0 Å². The summed E-state index contributed by atoms with van der Waals surface area (Å²) >= 11 is 0. The third-order valence-corrected chi connectivity index (χ3v) is 5.06. The molecule has 2 rings (SSSR count). The zero-order chi connectivity index (χ0) is 16.2. The van der Waals surface area contributed by atoms with Crippen molar-refractivity contribution < 1.29 is 17.9 Å². The van der Waals surface area contributed by atoms with Crippen LogP contribution in [0.5, 0.6) is 5.75 Å². The van der Waals surface area contributed by atoms with Crippen molar-refractivity contribution in [3.63, 3.8) is 0 Å². The highest BCUT2D eigenvalue weighted by molar-refractivity contribution is 7.89. The molecule has 6 nitrogen and oxygen atoms in total. The summed E-state index contributed by atoms with van der Waals surface area (Å²) in [7, 11) is -3.73. The van der Waals surface area contributed by atoms with E-state index in [0.29, 0.717) is 25.3 Å². The normalized spacial score (nSPS) is 19.4. The van der Waals surface area contributed by atoms with Crippen LogP contribution in [0, 0.1) is 6.92 Å². The lowest BCUT2D eigenvalue weighted by molar-refractivity contribution is -0.122. The van der Waals surface area contributed by atoms with E-state index >= 15 is 0 Å². The Labute approximate surface area is 131 Å². The molecule has 1 fully saturated rings. The fourth-order valence-corrected chi connectivity index (χ4v) is 3.73. The molecule has 0 aromatic heterocycles. The molecule has 1 aromatic rings. The Hall–Kier alpha value is -1.60. The monoisotopic (exact) mass is 326 g/mol. The zero-order valence-electron chi connectivity index (χ0n) is 12.9. The predicted octanol–water partition coefficient (Wildman–Crippen LogP) is 1.34. The van der Waals surface area contributed by atoms with E-state index in [0.717, 1.165) is 18.4 Å². The number of carbonyl (C=O) groups is 1. The average Bonchev–Trinajstić information content (AvgIpc) is 2.66. The molecule has 2 N–H and O–H groups in total. The van der Waals surface area contributed by atoms with Gasteiger partial charge in [-0.2, -0.15) is 4.72 Å². The standard InChI is InChI=1S/C15H22N2O4S/c1-3-21-14-8-7-12(10-11(14)2)22(19,20)17-13-6-4-5-9-16-15(13)18/h7-8,10,13,17H,3-6,9H2,1-2H3,(H,16,18)/t13-/m0/s1. The molecule has 22 heavy (non-hydrogen) atoms. The van der Waals surface area contributed by atoms with Gasteiger partial charge in [-0.15, -0.1) is 0 Å². The van der Waals surface area contributed by atoms with Crippen molar-refractivity contribution in [1.82, 2.24) is 10.0 Å². The van der Waals surface area contributed by atoms with Gasteiger partial charge < -0.3 is 10.1 Å². The fraction of sp³-hybridized carbons (Fsp3) is 0.533. The van der Waals surface area contributed by atoms with E-state index in [1.165, 1.54) is 6.07 Å². The maximum Gasteiger partial charge on any atom is 0.241 e. The molecule has 1 aliphatic rings. The third kappa shape index (κ3) is 3.98. The second-order valence-corrected chi connectivity index (χ2v) is 7.03. The fourth-order valence-electron chi connectivity index (χ4n) is 2.41. The van der Waals surface area contributed by atoms with Gasteiger partial charge in [0, 0.05) is 6.54 Å². The smallest absolute Gasteiger partial charge is 0.241 e. The van der Waals surface area contributed by atoms with Crippen molar-refractivity contribution in [3.8, 4) is 5.75 Å². The van der Waals surface area contributed by atoms with Gasteiger partial charge >= 0.3 is 0 Å². The Morgan fingerprint density at radius 1 is 1.36 bits per heavy atom. The molecule has 1 atom stereocenters. The molecule has 1 amide bonds. The molecule has 1 saturated heterocycles. The van der Waals surface area contributed by atoms with E-state index in [1.54, 1.807) is 19.1 Å². The van der Waals surface area contributed by atoms with Gasteiger partial charge in [0.2, 0.25) is 15.9 Å². The Kier molecular flexibility index (Phi) is 5.42. The van der Waals surface area contributed by atoms with Gasteiger partial charge in [0.05, 0.1) is 11.5 Å². The number of aryl methyl sites for hydroxylation is 1. The molecule has 1 aliphatic heterocycles. The number of ether oxygens (including phenoxy) is 1. The molecule has 0 aliphatic carbocycles. The van der Waals surface area contributed by atoms with Crippen molar-refractivity contribution in [3.05, 3.63) is 23.8 Å². The number of carbonyl (C=O) groups excluding carboxylic acids is 1. The minimum Gasteiger partial charge on any atom is -0.494 e. The lowest BCUT2D eigenvalue weighted by Crippen LogP contribution is -2.45. The molecule has 0 unspecified atom stereocenters. The molecule has 1 aromatic carbocycles. The van der Waals surface area contributed by atoms with Gasteiger partial charge in [-0.05, 0) is 56.9 Å². The molecular formula is C15H22N2O4S. The van der Waals surface area contributed by atoms with Crippen molar-refractivity contribution in [2.24, 2.45) is 0 Å². The van der Waals surface area contributed by atoms with Crippen LogP contribution in [0.1, 0.15) is 31.7 Å². The zero-order valence-corrected chi connectivity index (χ0v) is 13.7. The molecule has 0 radical (unpaired) electrons. The van der Waals surface area contributed by atoms with Gasteiger partial charge in [-0.1, -0.05) is 0 Å². The highest BCUT2D eigenvalue weighted by atomic mass is 32.2. The molecule has 122 valence electrons. The quantitative estimate of drug-likeness (QED) is 0.855. The minimum absolute atomic E-state index is 0.144. The predicted molar refractivity (Wildman–Crippen MR) is 83.3 cm³/mol. The van der Waals surface area contributed by atoms with Gasteiger partial charge in [0.15, 0.2) is 0 Å². The number of nitrogens with one attached hydrogen (secondary N) is 2. The largest absolute Gasteiger partial charge is 0.494 e. The van der Waals surface area contributed by atoms with Crippen LogP contribution in [0.15, 0.2) is 23.1 Å². The Balaban J connectivity index is 2.19. The van der Waals surface area contributed by atoms with E-state index in [-0.39, 0.29) is 10.8 Å². The average molecular weight is 326 g/mol. The summed E-state index contributed by atoms with van der Waals surface area (Å²) in [5.74, 6) is 0.400. The maximum absolute atomic E-state index is 12.4. The first kappa shape index (κ1) is 16.8. The van der Waals surface area contributed by atoms with Gasteiger partial charge in [-0.25, -0.2) is 8.42 Å². The van der Waals surface area contributed by atoms with E-state index in [9.17, 15) is 13.2 Å². The number of hydrogen-bond donors (Lipinski definition) is 2. The lowest BCUT2D eigenvalue weighted by Gasteiger charge is -2.16. The number of rotatable bonds is 5. The number of sulfonamides is 1. The van der Waals surface area contributed by atoms with Crippen molar-refractivity contribution in [1.29, 1.82) is 0 Å². The maximum atomic E-state index is 12.4. The summed E-state index contributed by atoms with van der Waals surface area (Å²) in [6.45, 7) is 4.78. The van der Waals surface area contributed by atoms with Gasteiger partial charge in [-0.3, -0.25) is 4.79 Å². The second-order valence-electron chi connectivity index (χ2n) is 5.32. The van der Waals surface area contributed by atoms with Crippen molar-refractivity contribution >= 4 is 15.9 Å². The van der Waals surface area contributed by atoms with Crippen molar-refractivity contribution in [2.75, 3.05) is 13.2 Å². The van der Waals surface area contributed by atoms with Crippen LogP contribution < -0.4 is 14.8 Å². The van der Waals surface area contributed by atoms with E-state index in [2.05, 4.69) is 10.0 Å². The third-order valence-electron chi connectivity index (χ3n) is 3.59. The molecule has 0 spiro atoms. The highest BCUT2D eigenvalue weighted by Gasteiger charge is 2.27. The summed E-state index contributed by atoms with van der Waals surface area (Å²) < 4.78 is 32.8. The number of amides is 1. The van der Waals surface area contributed by atoms with Gasteiger partial charge in [0.25, 0.3) is 0 Å². The molecular weight excluding hydrogens is 304 g/mol. The van der Waals surface area contributed by atoms with E-state index in [4.69, 9.17) is 4.74 Å². The Morgan fingerprint density at radius 2 is 2.14 bits per heavy atom. The first-order valence-electron chi connectivity index (χ1n) is 7.47. The van der Waals surface area contributed by atoms with Crippen LogP contribution in [0.4, 0.5) is 0 Å². The first-order chi connectivity index (χ1) is 10.4. The first-order valence-corrected chi connectivity index (χ1v) is 8.96. The van der Waals surface area contributed by atoms with Crippen molar-refractivity contribution in [2.45, 2.75) is 44.0 Å². The number of benzene rings is 1. The van der Waals surface area contributed by atoms with E-state index < -0.39 is 16.1 Å². The summed E-state index contributed by atoms with van der Waals surface area (Å²) in [4.78, 5) is 12.0. The van der Waals surface area contributed by atoms with E-state index in [1.807, 2.05) is 6.92 Å². The van der Waals surface area contributed by atoms with Crippen LogP contribution in [0.3, 0.4) is 0 Å². The summed E-state index contributed by atoms with van der Waals surface area (Å²) in [6.07, 6.45) is 2.20. The van der Waals surface area contributed by atoms with Gasteiger partial charge in [0.1, 0.15) is 11.8 Å². The Morgan fingerprint density at radius 3 is 2.82 bits per heavy atom. The summed E-state index contributed by atoms with van der Waals surface area (Å²) in [6, 6.07) is 3.98. The van der Waals surface area contributed by atoms with Crippen LogP contribution in [0.25, 0.3) is 0 Å². The number of hydrogen-bond acceptors (Lipinski definition) is 4. The minimum atomic E-state index is -3.73.